The van der Waals surface area contributed by atoms with Crippen LogP contribution in [-0.2, 0) is 12.7 Å². The number of aromatic carboxylic acids is 1. The van der Waals surface area contributed by atoms with Gasteiger partial charge in [-0.25, -0.2) is 9.91 Å². The van der Waals surface area contributed by atoms with Crippen molar-refractivity contribution < 1.29 is 23.1 Å². The number of aromatic nitrogens is 1. The summed E-state index contributed by atoms with van der Waals surface area (Å²) in [5.74, 6) is -1.11. The lowest BCUT2D eigenvalue weighted by Gasteiger charge is -2.33. The van der Waals surface area contributed by atoms with Gasteiger partial charge in [0.25, 0.3) is 0 Å². The van der Waals surface area contributed by atoms with Crippen LogP contribution in [0.1, 0.15) is 51.5 Å². The highest BCUT2D eigenvalue weighted by Gasteiger charge is 2.37. The molecule has 34 heavy (non-hydrogen) atoms. The Balaban J connectivity index is 1.76. The fourth-order valence-corrected chi connectivity index (χ4v) is 4.50. The number of hydrogen-bond acceptors (Lipinski definition) is 8. The van der Waals surface area contributed by atoms with Gasteiger partial charge in [0.15, 0.2) is 6.29 Å². The van der Waals surface area contributed by atoms with Gasteiger partial charge >= 0.3 is 12.1 Å². The Labute approximate surface area is 194 Å². The number of halogens is 3. The lowest BCUT2D eigenvalue weighted by Crippen LogP contribution is -2.45. The molecule has 0 aliphatic carbocycles. The maximum atomic E-state index is 13.8. The van der Waals surface area contributed by atoms with Gasteiger partial charge < -0.3 is 10.0 Å². The summed E-state index contributed by atoms with van der Waals surface area (Å²) in [6, 6.07) is 4.12. The van der Waals surface area contributed by atoms with Gasteiger partial charge in [-0.3, -0.25) is 9.88 Å². The minimum atomic E-state index is -4.49. The van der Waals surface area contributed by atoms with Crippen LogP contribution >= 0.6 is 0 Å². The van der Waals surface area contributed by atoms with E-state index in [1.54, 1.807) is 13.1 Å². The van der Waals surface area contributed by atoms with Gasteiger partial charge in [-0.15, -0.1) is 5.11 Å². The van der Waals surface area contributed by atoms with Crippen LogP contribution in [0.4, 0.5) is 18.9 Å². The van der Waals surface area contributed by atoms with Crippen LogP contribution in [0.3, 0.4) is 0 Å². The molecule has 2 atom stereocenters. The molecule has 4 rings (SSSR count). The molecular formula is C22H26F3N7O2. The topological polar surface area (TPSA) is 96.7 Å². The molecule has 0 saturated heterocycles. The third-order valence-electron chi connectivity index (χ3n) is 6.17. The highest BCUT2D eigenvalue weighted by molar-refractivity contribution is 5.87. The summed E-state index contributed by atoms with van der Waals surface area (Å²) in [7, 11) is 3.59. The number of carbonyl (C=O) groups is 1. The molecule has 182 valence electrons. The minimum absolute atomic E-state index is 0.0341. The molecule has 0 spiro atoms. The monoisotopic (exact) mass is 477 g/mol. The lowest BCUT2D eigenvalue weighted by atomic mass is 9.95. The number of carboxylic acids is 1. The van der Waals surface area contributed by atoms with Crippen LogP contribution < -0.4 is 10.3 Å². The summed E-state index contributed by atoms with van der Waals surface area (Å²) >= 11 is 0. The largest absolute Gasteiger partial charge is 0.478 e. The molecular weight excluding hydrogens is 451 g/mol. The predicted molar refractivity (Wildman–Crippen MR) is 118 cm³/mol. The quantitative estimate of drug-likeness (QED) is 0.672. The van der Waals surface area contributed by atoms with E-state index in [9.17, 15) is 23.1 Å². The number of alkyl halides is 3. The zero-order valence-electron chi connectivity index (χ0n) is 19.0. The Kier molecular flexibility index (Phi) is 6.45. The number of nitrogens with zero attached hydrogens (tertiary/aromatic N) is 6. The summed E-state index contributed by atoms with van der Waals surface area (Å²) in [6.45, 7) is 2.22. The Hall–Kier alpha value is -3.25. The molecule has 0 radical (unpaired) electrons. The Morgan fingerprint density at radius 1 is 1.29 bits per heavy atom. The number of benzene rings is 1. The molecule has 2 aliphatic rings. The van der Waals surface area contributed by atoms with E-state index in [-0.39, 0.29) is 23.7 Å². The first-order chi connectivity index (χ1) is 16.0. The van der Waals surface area contributed by atoms with Gasteiger partial charge in [-0.05, 0) is 55.6 Å². The van der Waals surface area contributed by atoms with Gasteiger partial charge in [0.2, 0.25) is 0 Å². The van der Waals surface area contributed by atoms with E-state index in [1.165, 1.54) is 36.6 Å². The SMILES string of the molecule is Cc1cc2c(cc1C(F)(F)F)N(Cc1cncc(C(=O)O)c1)CCCC2N(C)C1N=NN(C)N1. The first-order valence-electron chi connectivity index (χ1n) is 10.8. The second-order valence-electron chi connectivity index (χ2n) is 8.59. The molecule has 0 fully saturated rings. The van der Waals surface area contributed by atoms with Gasteiger partial charge in [0.1, 0.15) is 0 Å². The molecule has 0 amide bonds. The van der Waals surface area contributed by atoms with Gasteiger partial charge in [0, 0.05) is 44.3 Å². The van der Waals surface area contributed by atoms with Gasteiger partial charge in [0.05, 0.1) is 11.1 Å². The van der Waals surface area contributed by atoms with Crippen LogP contribution in [0, 0.1) is 6.92 Å². The van der Waals surface area contributed by atoms with Crippen molar-refractivity contribution >= 4 is 11.7 Å². The van der Waals surface area contributed by atoms with Crippen molar-refractivity contribution in [2.45, 2.75) is 44.8 Å². The number of anilines is 1. The minimum Gasteiger partial charge on any atom is -0.478 e. The van der Waals surface area contributed by atoms with Crippen molar-refractivity contribution in [3.8, 4) is 0 Å². The van der Waals surface area contributed by atoms with Gasteiger partial charge in [-0.2, -0.15) is 18.6 Å². The molecule has 2 aliphatic heterocycles. The first-order valence-corrected chi connectivity index (χ1v) is 10.8. The van der Waals surface area contributed by atoms with E-state index in [2.05, 4.69) is 20.7 Å². The van der Waals surface area contributed by atoms with Crippen LogP contribution in [0.2, 0.25) is 0 Å². The molecule has 1 aromatic heterocycles. The first kappa shape index (κ1) is 23.9. The van der Waals surface area contributed by atoms with E-state index in [0.29, 0.717) is 24.2 Å². The van der Waals surface area contributed by atoms with Crippen LogP contribution in [0.15, 0.2) is 40.9 Å². The summed E-state index contributed by atoms with van der Waals surface area (Å²) in [5, 5.41) is 18.9. The maximum Gasteiger partial charge on any atom is 0.416 e. The number of fused-ring (bicyclic) bond motifs is 1. The number of carboxylic acid groups (broad SMARTS) is 1. The van der Waals surface area contributed by atoms with Crippen molar-refractivity contribution in [2.24, 2.45) is 10.3 Å². The smallest absolute Gasteiger partial charge is 0.416 e. The second-order valence-corrected chi connectivity index (χ2v) is 8.59. The number of hydrazine groups is 1. The normalized spacial score (nSPS) is 20.6. The van der Waals surface area contributed by atoms with E-state index in [0.717, 1.165) is 12.0 Å². The molecule has 2 unspecified atom stereocenters. The molecule has 1 aromatic carbocycles. The number of pyridine rings is 1. The molecule has 2 N–H and O–H groups in total. The fourth-order valence-electron chi connectivity index (χ4n) is 4.50. The van der Waals surface area contributed by atoms with E-state index >= 15 is 0 Å². The maximum absolute atomic E-state index is 13.8. The molecule has 2 aromatic rings. The Bertz CT molecular complexity index is 1110. The number of nitrogens with one attached hydrogen (secondary N) is 1. The van der Waals surface area contributed by atoms with Crippen LogP contribution in [-0.4, -0.2) is 53.0 Å². The van der Waals surface area contributed by atoms with Crippen LogP contribution in [0.25, 0.3) is 0 Å². The zero-order chi connectivity index (χ0) is 24.6. The lowest BCUT2D eigenvalue weighted by molar-refractivity contribution is -0.138. The Morgan fingerprint density at radius 3 is 2.71 bits per heavy atom. The standard InChI is InChI=1S/C22H26F3N7O2/c1-13-7-16-18(30(2)21-27-29-31(3)28-21)5-4-6-32(19(16)9-17(13)22(23,24)25)12-14-8-15(20(33)34)11-26-10-14/h7-11,18,21,28H,4-6,12H2,1-3H3,(H,33,34). The van der Waals surface area contributed by atoms with Crippen molar-refractivity contribution in [1.82, 2.24) is 20.4 Å². The summed E-state index contributed by atoms with van der Waals surface area (Å²) in [6.07, 6.45) is -0.719. The van der Waals surface area contributed by atoms with Crippen LogP contribution in [0.5, 0.6) is 0 Å². The van der Waals surface area contributed by atoms with E-state index in [1.807, 2.05) is 16.8 Å². The third-order valence-corrected chi connectivity index (χ3v) is 6.17. The van der Waals surface area contributed by atoms with Crippen molar-refractivity contribution in [3.63, 3.8) is 0 Å². The molecule has 0 saturated carbocycles. The number of rotatable bonds is 5. The molecule has 9 nitrogen and oxygen atoms in total. The predicted octanol–water partition coefficient (Wildman–Crippen LogP) is 3.98. The van der Waals surface area contributed by atoms with Crippen molar-refractivity contribution in [2.75, 3.05) is 25.5 Å². The number of aryl methyl sites for hydroxylation is 1. The van der Waals surface area contributed by atoms with E-state index in [4.69, 9.17) is 0 Å². The zero-order valence-corrected chi connectivity index (χ0v) is 19.0. The molecule has 12 heteroatoms. The van der Waals surface area contributed by atoms with Gasteiger partial charge in [-0.1, -0.05) is 11.3 Å². The third kappa shape index (κ3) is 4.82. The molecule has 3 heterocycles. The summed E-state index contributed by atoms with van der Waals surface area (Å²) in [5.41, 5.74) is 4.43. The summed E-state index contributed by atoms with van der Waals surface area (Å²) in [4.78, 5) is 19.2. The van der Waals surface area contributed by atoms with Crippen molar-refractivity contribution in [1.29, 1.82) is 0 Å². The Morgan fingerprint density at radius 2 is 2.06 bits per heavy atom. The highest BCUT2D eigenvalue weighted by atomic mass is 19.4. The average Bonchev–Trinajstić information content (AvgIpc) is 3.13. The fraction of sp³-hybridized carbons (Fsp3) is 0.455. The second kappa shape index (κ2) is 9.18. The van der Waals surface area contributed by atoms with Crippen molar-refractivity contribution in [3.05, 3.63) is 58.4 Å². The summed E-state index contributed by atoms with van der Waals surface area (Å²) < 4.78 is 41.4. The highest BCUT2D eigenvalue weighted by Crippen LogP contribution is 2.43. The number of hydrogen-bond donors (Lipinski definition) is 2. The molecule has 0 bridgehead atoms. The van der Waals surface area contributed by atoms with E-state index < -0.39 is 24.0 Å². The average molecular weight is 477 g/mol.